The maximum Gasteiger partial charge on any atom is 0.175 e. The highest BCUT2D eigenvalue weighted by molar-refractivity contribution is 9.10. The summed E-state index contributed by atoms with van der Waals surface area (Å²) in [4.78, 5) is 2.42. The summed E-state index contributed by atoms with van der Waals surface area (Å²) in [6.07, 6.45) is 2.51. The van der Waals surface area contributed by atoms with E-state index < -0.39 is 0 Å². The van der Waals surface area contributed by atoms with Crippen molar-refractivity contribution >= 4 is 28.3 Å². The molecule has 0 unspecified atom stereocenters. The molecule has 5 heteroatoms. The first-order valence-corrected chi connectivity index (χ1v) is 7.21. The molecular formula is C14H19BrClNO2. The molecule has 2 atom stereocenters. The second-order valence-corrected chi connectivity index (χ2v) is 5.96. The number of fused-ring (bicyclic) bond motifs is 3. The van der Waals surface area contributed by atoms with Crippen LogP contribution in [0.3, 0.4) is 0 Å². The van der Waals surface area contributed by atoms with Gasteiger partial charge < -0.3 is 9.47 Å². The second kappa shape index (κ2) is 5.90. The van der Waals surface area contributed by atoms with E-state index in [9.17, 15) is 0 Å². The van der Waals surface area contributed by atoms with E-state index in [2.05, 4.69) is 40.0 Å². The van der Waals surface area contributed by atoms with E-state index >= 15 is 0 Å². The van der Waals surface area contributed by atoms with E-state index in [0.29, 0.717) is 12.0 Å². The Bertz CT molecular complexity index is 469. The van der Waals surface area contributed by atoms with Crippen molar-refractivity contribution in [2.24, 2.45) is 0 Å². The highest BCUT2D eigenvalue weighted by Gasteiger charge is 2.37. The molecule has 0 radical (unpaired) electrons. The number of likely N-dealkylation sites (tertiary alicyclic amines) is 1. The summed E-state index contributed by atoms with van der Waals surface area (Å²) >= 11 is 3.52. The van der Waals surface area contributed by atoms with Crippen LogP contribution in [0.5, 0.6) is 11.5 Å². The first kappa shape index (κ1) is 14.9. The van der Waals surface area contributed by atoms with Crippen LogP contribution in [0.25, 0.3) is 0 Å². The van der Waals surface area contributed by atoms with Crippen LogP contribution in [0.15, 0.2) is 16.6 Å². The molecule has 1 saturated heterocycles. The maximum absolute atomic E-state index is 5.97. The summed E-state index contributed by atoms with van der Waals surface area (Å²) in [5.41, 5.74) is 1.30. The van der Waals surface area contributed by atoms with Crippen LogP contribution in [0, 0.1) is 0 Å². The summed E-state index contributed by atoms with van der Waals surface area (Å²) in [5, 5.41) is 0. The van der Waals surface area contributed by atoms with Crippen molar-refractivity contribution in [3.8, 4) is 11.5 Å². The highest BCUT2D eigenvalue weighted by atomic mass is 79.9. The average Bonchev–Trinajstić information content (AvgIpc) is 2.38. The first-order chi connectivity index (χ1) is 8.72. The molecule has 2 aliphatic rings. The molecule has 2 aliphatic heterocycles. The van der Waals surface area contributed by atoms with E-state index in [-0.39, 0.29) is 12.4 Å². The van der Waals surface area contributed by atoms with Crippen LogP contribution in [0.1, 0.15) is 24.3 Å². The molecule has 0 saturated carbocycles. The minimum atomic E-state index is 0. The molecule has 0 amide bonds. The fraction of sp³-hybridized carbons (Fsp3) is 0.571. The van der Waals surface area contributed by atoms with Gasteiger partial charge >= 0.3 is 0 Å². The number of ether oxygens (including phenoxy) is 2. The molecule has 1 fully saturated rings. The van der Waals surface area contributed by atoms with Crippen LogP contribution >= 0.6 is 28.3 Å². The second-order valence-electron chi connectivity index (χ2n) is 5.11. The van der Waals surface area contributed by atoms with Gasteiger partial charge in [0.2, 0.25) is 0 Å². The van der Waals surface area contributed by atoms with Crippen LogP contribution in [0.4, 0.5) is 0 Å². The van der Waals surface area contributed by atoms with E-state index in [4.69, 9.17) is 9.47 Å². The smallest absolute Gasteiger partial charge is 0.175 e. The molecule has 1 aromatic rings. The van der Waals surface area contributed by atoms with Crippen LogP contribution < -0.4 is 9.47 Å². The summed E-state index contributed by atoms with van der Waals surface area (Å²) in [7, 11) is 3.89. The molecule has 106 valence electrons. The Morgan fingerprint density at radius 2 is 2.21 bits per heavy atom. The highest BCUT2D eigenvalue weighted by Crippen LogP contribution is 2.47. The van der Waals surface area contributed by atoms with Gasteiger partial charge in [0.1, 0.15) is 6.61 Å². The molecule has 19 heavy (non-hydrogen) atoms. The molecule has 3 rings (SSSR count). The van der Waals surface area contributed by atoms with E-state index in [1.54, 1.807) is 7.11 Å². The van der Waals surface area contributed by atoms with Gasteiger partial charge in [-0.3, -0.25) is 4.90 Å². The fourth-order valence-corrected chi connectivity index (χ4v) is 3.66. The largest absolute Gasteiger partial charge is 0.492 e. The van der Waals surface area contributed by atoms with E-state index in [1.165, 1.54) is 24.9 Å². The lowest BCUT2D eigenvalue weighted by molar-refractivity contribution is 0.0847. The zero-order chi connectivity index (χ0) is 12.7. The Hall–Kier alpha value is -0.450. The molecule has 0 aliphatic carbocycles. The topological polar surface area (TPSA) is 21.7 Å². The fourth-order valence-electron chi connectivity index (χ4n) is 3.19. The SMILES string of the molecule is COc1c(Br)ccc2c1OC[C@H]1[C@H]2CCCN1C.Cl. The number of hydrogen-bond acceptors (Lipinski definition) is 3. The number of benzene rings is 1. The molecule has 0 aromatic heterocycles. The van der Waals surface area contributed by atoms with Crippen molar-refractivity contribution in [2.75, 3.05) is 27.3 Å². The van der Waals surface area contributed by atoms with Crippen LogP contribution in [-0.4, -0.2) is 38.3 Å². The van der Waals surface area contributed by atoms with Crippen molar-refractivity contribution in [3.63, 3.8) is 0 Å². The number of rotatable bonds is 1. The molecular weight excluding hydrogens is 330 g/mol. The average molecular weight is 349 g/mol. The zero-order valence-corrected chi connectivity index (χ0v) is 13.6. The van der Waals surface area contributed by atoms with Gasteiger partial charge in [0.05, 0.1) is 17.6 Å². The summed E-state index contributed by atoms with van der Waals surface area (Å²) in [6.45, 7) is 1.94. The molecule has 0 bridgehead atoms. The van der Waals surface area contributed by atoms with Gasteiger partial charge in [-0.2, -0.15) is 0 Å². The third kappa shape index (κ3) is 2.46. The summed E-state index contributed by atoms with van der Waals surface area (Å²) in [5.74, 6) is 2.34. The maximum atomic E-state index is 5.97. The third-order valence-electron chi connectivity index (χ3n) is 4.15. The molecule has 3 nitrogen and oxygen atoms in total. The van der Waals surface area contributed by atoms with Crippen molar-refractivity contribution in [3.05, 3.63) is 22.2 Å². The molecule has 0 spiro atoms. The Balaban J connectivity index is 0.00000133. The minimum Gasteiger partial charge on any atom is -0.492 e. The van der Waals surface area contributed by atoms with E-state index in [1.807, 2.05) is 0 Å². The normalized spacial score (nSPS) is 25.6. The van der Waals surface area contributed by atoms with Crippen molar-refractivity contribution in [2.45, 2.75) is 24.8 Å². The third-order valence-corrected chi connectivity index (χ3v) is 4.78. The summed E-state index contributed by atoms with van der Waals surface area (Å²) in [6, 6.07) is 4.76. The van der Waals surface area contributed by atoms with Gasteiger partial charge in [0.15, 0.2) is 11.5 Å². The van der Waals surface area contributed by atoms with Gasteiger partial charge in [0.25, 0.3) is 0 Å². The van der Waals surface area contributed by atoms with Gasteiger partial charge in [-0.25, -0.2) is 0 Å². The Morgan fingerprint density at radius 1 is 1.42 bits per heavy atom. The van der Waals surface area contributed by atoms with Gasteiger partial charge in [0, 0.05) is 11.5 Å². The zero-order valence-electron chi connectivity index (χ0n) is 11.2. The predicted molar refractivity (Wildman–Crippen MR) is 81.8 cm³/mol. The lowest BCUT2D eigenvalue weighted by atomic mass is 9.82. The van der Waals surface area contributed by atoms with Crippen molar-refractivity contribution in [1.29, 1.82) is 0 Å². The summed E-state index contributed by atoms with van der Waals surface area (Å²) < 4.78 is 12.4. The predicted octanol–water partition coefficient (Wildman–Crippen LogP) is 3.45. The number of hydrogen-bond donors (Lipinski definition) is 0. The molecule has 0 N–H and O–H groups in total. The monoisotopic (exact) mass is 347 g/mol. The number of nitrogens with zero attached hydrogens (tertiary/aromatic N) is 1. The molecule has 2 heterocycles. The standard InChI is InChI=1S/C14H18BrNO2.ClH/c1-16-7-3-4-9-10-5-6-11(15)14(17-2)13(10)18-8-12(9)16;/h5-6,9,12H,3-4,7-8H2,1-2H3;1H/t9-,12-;/m0./s1. The Kier molecular flexibility index (Phi) is 4.64. The van der Waals surface area contributed by atoms with E-state index in [0.717, 1.165) is 22.6 Å². The van der Waals surface area contributed by atoms with Crippen LogP contribution in [-0.2, 0) is 0 Å². The minimum absolute atomic E-state index is 0. The lowest BCUT2D eigenvalue weighted by Crippen LogP contribution is -2.47. The number of piperidine rings is 1. The van der Waals surface area contributed by atoms with Crippen LogP contribution in [0.2, 0.25) is 0 Å². The quantitative estimate of drug-likeness (QED) is 0.776. The van der Waals surface area contributed by atoms with Gasteiger partial charge in [-0.15, -0.1) is 12.4 Å². The van der Waals surface area contributed by atoms with Crippen molar-refractivity contribution < 1.29 is 9.47 Å². The Morgan fingerprint density at radius 3 is 2.95 bits per heavy atom. The van der Waals surface area contributed by atoms with Gasteiger partial charge in [-0.1, -0.05) is 6.07 Å². The number of halogens is 2. The number of likely N-dealkylation sites (N-methyl/N-ethyl adjacent to an activating group) is 1. The Labute approximate surface area is 128 Å². The molecule has 1 aromatic carbocycles. The number of methoxy groups -OCH3 is 1. The van der Waals surface area contributed by atoms with Crippen molar-refractivity contribution in [1.82, 2.24) is 4.90 Å². The van der Waals surface area contributed by atoms with Gasteiger partial charge in [-0.05, 0) is 48.4 Å². The lowest BCUT2D eigenvalue weighted by Gasteiger charge is -2.43. The first-order valence-electron chi connectivity index (χ1n) is 6.41.